The van der Waals surface area contributed by atoms with Crippen LogP contribution in [-0.4, -0.2) is 70.9 Å². The van der Waals surface area contributed by atoms with E-state index in [0.717, 1.165) is 50.8 Å². The molecule has 29 heavy (non-hydrogen) atoms. The van der Waals surface area contributed by atoms with Crippen LogP contribution in [0.4, 0.5) is 0 Å². The molecule has 1 atom stereocenters. The zero-order valence-electron chi connectivity index (χ0n) is 17.3. The fraction of sp³-hybridized carbons (Fsp3) is 0.478. The van der Waals surface area contributed by atoms with Crippen LogP contribution in [0.3, 0.4) is 0 Å². The first-order chi connectivity index (χ1) is 14.2. The first-order valence-corrected chi connectivity index (χ1v) is 10.5. The highest BCUT2D eigenvalue weighted by Crippen LogP contribution is 2.18. The molecule has 0 spiro atoms. The molecule has 1 aliphatic rings. The Morgan fingerprint density at radius 1 is 0.897 bits per heavy atom. The zero-order chi connectivity index (χ0) is 20.3. The number of hydrogen-bond acceptors (Lipinski definition) is 4. The van der Waals surface area contributed by atoms with Gasteiger partial charge in [-0.2, -0.15) is 0 Å². The molecular formula is C23H34N2O4+2. The van der Waals surface area contributed by atoms with Crippen LogP contribution in [-0.2, 0) is 11.3 Å². The predicted octanol–water partition coefficient (Wildman–Crippen LogP) is -0.565. The number of aliphatic hydroxyl groups excluding tert-OH is 1. The van der Waals surface area contributed by atoms with Gasteiger partial charge in [-0.1, -0.05) is 36.4 Å². The number of piperazine rings is 1. The molecule has 0 bridgehead atoms. The highest BCUT2D eigenvalue weighted by Gasteiger charge is 2.24. The van der Waals surface area contributed by atoms with Gasteiger partial charge in [0.05, 0.1) is 20.3 Å². The predicted molar refractivity (Wildman–Crippen MR) is 112 cm³/mol. The molecule has 1 aliphatic heterocycles. The average Bonchev–Trinajstić information content (AvgIpc) is 2.76. The van der Waals surface area contributed by atoms with Crippen LogP contribution in [0, 0.1) is 0 Å². The maximum Gasteiger partial charge on any atom is 0.127 e. The number of nitrogens with one attached hydrogen (secondary N) is 2. The highest BCUT2D eigenvalue weighted by atomic mass is 16.5. The minimum atomic E-state index is -0.433. The summed E-state index contributed by atoms with van der Waals surface area (Å²) >= 11 is 0. The van der Waals surface area contributed by atoms with Crippen molar-refractivity contribution < 1.29 is 29.1 Å². The minimum absolute atomic E-state index is 0.353. The van der Waals surface area contributed by atoms with Crippen LogP contribution in [0.2, 0.25) is 0 Å². The lowest BCUT2D eigenvalue weighted by Gasteiger charge is -2.30. The van der Waals surface area contributed by atoms with E-state index in [0.29, 0.717) is 19.8 Å². The molecule has 6 heteroatoms. The number of aliphatic hydroxyl groups is 1. The number of methoxy groups -OCH3 is 1. The van der Waals surface area contributed by atoms with Gasteiger partial charge in [0.2, 0.25) is 0 Å². The van der Waals surface area contributed by atoms with Crippen LogP contribution in [0.5, 0.6) is 11.5 Å². The van der Waals surface area contributed by atoms with E-state index >= 15 is 0 Å². The van der Waals surface area contributed by atoms with Crippen molar-refractivity contribution in [1.29, 1.82) is 0 Å². The first-order valence-electron chi connectivity index (χ1n) is 10.5. The fourth-order valence-corrected chi connectivity index (χ4v) is 3.74. The highest BCUT2D eigenvalue weighted by molar-refractivity contribution is 5.32. The van der Waals surface area contributed by atoms with Crippen molar-refractivity contribution in [3.05, 3.63) is 60.2 Å². The van der Waals surface area contributed by atoms with E-state index in [4.69, 9.17) is 14.2 Å². The van der Waals surface area contributed by atoms with E-state index < -0.39 is 6.10 Å². The van der Waals surface area contributed by atoms with Crippen LogP contribution in [0.1, 0.15) is 5.56 Å². The minimum Gasteiger partial charge on any atom is -0.497 e. The Labute approximate surface area is 173 Å². The van der Waals surface area contributed by atoms with E-state index in [2.05, 4.69) is 30.3 Å². The third-order valence-corrected chi connectivity index (χ3v) is 5.33. The van der Waals surface area contributed by atoms with E-state index in [9.17, 15) is 5.11 Å². The number of quaternary nitrogens is 2. The molecule has 0 aliphatic carbocycles. The summed E-state index contributed by atoms with van der Waals surface area (Å²) in [6.45, 7) is 7.58. The van der Waals surface area contributed by atoms with Crippen molar-refractivity contribution in [2.24, 2.45) is 0 Å². The Kier molecular flexibility index (Phi) is 8.77. The Bertz CT molecular complexity index is 705. The van der Waals surface area contributed by atoms with E-state index in [1.807, 2.05) is 24.3 Å². The van der Waals surface area contributed by atoms with Crippen molar-refractivity contribution in [2.45, 2.75) is 12.6 Å². The third-order valence-electron chi connectivity index (χ3n) is 5.33. The van der Waals surface area contributed by atoms with E-state index in [1.54, 1.807) is 12.0 Å². The maximum atomic E-state index is 10.3. The first kappa shape index (κ1) is 21.6. The standard InChI is InChI=1S/C23H32N2O4/c1-27-22-8-5-9-23(16-22)29-15-14-28-19-21(26)18-25-12-10-24(11-13-25)17-20-6-3-2-4-7-20/h2-9,16,21,26H,10-15,17-19H2,1H3/p+2/t21-/m0/s1. The quantitative estimate of drug-likeness (QED) is 0.441. The molecule has 1 saturated heterocycles. The molecular weight excluding hydrogens is 368 g/mol. The summed E-state index contributed by atoms with van der Waals surface area (Å²) in [6.07, 6.45) is -0.433. The van der Waals surface area contributed by atoms with E-state index in [1.165, 1.54) is 10.5 Å². The van der Waals surface area contributed by atoms with Crippen molar-refractivity contribution in [3.63, 3.8) is 0 Å². The Morgan fingerprint density at radius 3 is 2.38 bits per heavy atom. The maximum absolute atomic E-state index is 10.3. The second kappa shape index (κ2) is 11.8. The van der Waals surface area contributed by atoms with Gasteiger partial charge < -0.3 is 29.1 Å². The Morgan fingerprint density at radius 2 is 1.62 bits per heavy atom. The lowest BCUT2D eigenvalue weighted by Crippen LogP contribution is -3.28. The van der Waals surface area contributed by atoms with Gasteiger partial charge in [-0.3, -0.25) is 0 Å². The molecule has 1 heterocycles. The Balaban J connectivity index is 1.25. The smallest absolute Gasteiger partial charge is 0.127 e. The third kappa shape index (κ3) is 7.66. The molecule has 158 valence electrons. The van der Waals surface area contributed by atoms with Crippen LogP contribution in [0.15, 0.2) is 54.6 Å². The molecule has 3 rings (SSSR count). The molecule has 2 aromatic rings. The monoisotopic (exact) mass is 402 g/mol. The molecule has 2 aromatic carbocycles. The van der Waals surface area contributed by atoms with Gasteiger partial charge in [0.15, 0.2) is 0 Å². The second-order valence-corrected chi connectivity index (χ2v) is 7.62. The van der Waals surface area contributed by atoms with Crippen molar-refractivity contribution >= 4 is 0 Å². The van der Waals surface area contributed by atoms with Crippen molar-refractivity contribution in [3.8, 4) is 11.5 Å². The largest absolute Gasteiger partial charge is 0.497 e. The number of ether oxygens (including phenoxy) is 3. The summed E-state index contributed by atoms with van der Waals surface area (Å²) in [7, 11) is 1.63. The summed E-state index contributed by atoms with van der Waals surface area (Å²) in [5.41, 5.74) is 1.40. The van der Waals surface area contributed by atoms with Crippen LogP contribution < -0.4 is 19.3 Å². The normalized spacial score (nSPS) is 20.2. The summed E-state index contributed by atoms with van der Waals surface area (Å²) in [6, 6.07) is 18.2. The van der Waals surface area contributed by atoms with Crippen LogP contribution in [0.25, 0.3) is 0 Å². The lowest BCUT2D eigenvalue weighted by molar-refractivity contribution is -1.02. The SMILES string of the molecule is COc1cccc(OCCOC[C@@H](O)C[NH+]2CC[NH+](Cc3ccccc3)CC2)c1. The van der Waals surface area contributed by atoms with Gasteiger partial charge >= 0.3 is 0 Å². The molecule has 0 amide bonds. The van der Waals surface area contributed by atoms with Gasteiger partial charge in [-0.25, -0.2) is 0 Å². The summed E-state index contributed by atoms with van der Waals surface area (Å²) in [5, 5.41) is 10.3. The van der Waals surface area contributed by atoms with E-state index in [-0.39, 0.29) is 0 Å². The topological polar surface area (TPSA) is 56.8 Å². The molecule has 6 nitrogen and oxygen atoms in total. The van der Waals surface area contributed by atoms with Gasteiger partial charge in [-0.15, -0.1) is 0 Å². The summed E-state index contributed by atoms with van der Waals surface area (Å²) in [4.78, 5) is 3.09. The van der Waals surface area contributed by atoms with Gasteiger partial charge in [0, 0.05) is 11.6 Å². The lowest BCUT2D eigenvalue weighted by atomic mass is 10.2. The number of benzene rings is 2. The summed E-state index contributed by atoms with van der Waals surface area (Å²) in [5.74, 6) is 1.53. The van der Waals surface area contributed by atoms with Gasteiger partial charge in [0.1, 0.15) is 63.5 Å². The van der Waals surface area contributed by atoms with Crippen molar-refractivity contribution in [1.82, 2.24) is 0 Å². The molecule has 3 N–H and O–H groups in total. The fourth-order valence-electron chi connectivity index (χ4n) is 3.74. The van der Waals surface area contributed by atoms with Crippen LogP contribution >= 0.6 is 0 Å². The van der Waals surface area contributed by atoms with Gasteiger partial charge in [-0.05, 0) is 12.1 Å². The Hall–Kier alpha value is -2.12. The van der Waals surface area contributed by atoms with Crippen molar-refractivity contribution in [2.75, 3.05) is 59.7 Å². The molecule has 0 unspecified atom stereocenters. The molecule has 0 saturated carbocycles. The average molecular weight is 403 g/mol. The van der Waals surface area contributed by atoms with Gasteiger partial charge in [0.25, 0.3) is 0 Å². The zero-order valence-corrected chi connectivity index (χ0v) is 17.3. The number of rotatable bonds is 11. The second-order valence-electron chi connectivity index (χ2n) is 7.62. The molecule has 1 fully saturated rings. The summed E-state index contributed by atoms with van der Waals surface area (Å²) < 4.78 is 16.4. The molecule has 0 aromatic heterocycles. The number of hydrogen-bond donors (Lipinski definition) is 3. The molecule has 0 radical (unpaired) electrons.